The zero-order chi connectivity index (χ0) is 23.8. The van der Waals surface area contributed by atoms with E-state index in [0.29, 0.717) is 17.9 Å². The molecule has 0 radical (unpaired) electrons. The van der Waals surface area contributed by atoms with Gasteiger partial charge in [0.1, 0.15) is 6.17 Å². The molecule has 9 heteroatoms. The molecule has 174 valence electrons. The first-order chi connectivity index (χ1) is 16.5. The number of hydrogen-bond donors (Lipinski definition) is 2. The van der Waals surface area contributed by atoms with Crippen molar-refractivity contribution in [1.82, 2.24) is 19.9 Å². The number of carbonyl (C=O) groups is 1. The molecule has 1 saturated carbocycles. The molecule has 2 aliphatic rings. The molecule has 2 unspecified atom stereocenters. The Bertz CT molecular complexity index is 1340. The molecule has 5 rings (SSSR count). The first kappa shape index (κ1) is 21.8. The molecule has 2 atom stereocenters. The zero-order valence-corrected chi connectivity index (χ0v) is 19.1. The van der Waals surface area contributed by atoms with Gasteiger partial charge in [0.25, 0.3) is 5.91 Å². The lowest BCUT2D eigenvalue weighted by Crippen LogP contribution is -2.28. The van der Waals surface area contributed by atoms with Crippen LogP contribution in [0.5, 0.6) is 0 Å². The Balaban J connectivity index is 1.55. The van der Waals surface area contributed by atoms with Gasteiger partial charge < -0.3 is 15.5 Å². The van der Waals surface area contributed by atoms with Crippen LogP contribution >= 0.6 is 0 Å². The van der Waals surface area contributed by atoms with Crippen molar-refractivity contribution in [2.24, 2.45) is 4.99 Å². The number of hydrogen-bond acceptors (Lipinski definition) is 6. The van der Waals surface area contributed by atoms with E-state index in [1.807, 2.05) is 25.1 Å². The van der Waals surface area contributed by atoms with Crippen molar-refractivity contribution >= 4 is 40.7 Å². The third-order valence-corrected chi connectivity index (χ3v) is 6.16. The van der Waals surface area contributed by atoms with Crippen molar-refractivity contribution in [3.05, 3.63) is 66.0 Å². The SMILES string of the molecule is C=C/C=N\C(=C/C)c1cccc2c1CCN2c1cc(NC)c2ncc(C(=O)NC3CC3F)n2n1. The van der Waals surface area contributed by atoms with E-state index in [0.717, 1.165) is 35.6 Å². The van der Waals surface area contributed by atoms with E-state index in [1.54, 1.807) is 19.3 Å². The first-order valence-corrected chi connectivity index (χ1v) is 11.3. The molecule has 0 bridgehead atoms. The number of nitrogens with one attached hydrogen (secondary N) is 2. The van der Waals surface area contributed by atoms with Crippen molar-refractivity contribution < 1.29 is 9.18 Å². The number of fused-ring (bicyclic) bond motifs is 2. The molecule has 0 saturated heterocycles. The number of halogens is 1. The predicted octanol–water partition coefficient (Wildman–Crippen LogP) is 3.92. The van der Waals surface area contributed by atoms with Crippen molar-refractivity contribution in [2.75, 3.05) is 23.8 Å². The van der Waals surface area contributed by atoms with Crippen molar-refractivity contribution in [2.45, 2.75) is 32.0 Å². The normalized spacial score (nSPS) is 19.5. The molecule has 1 aliphatic carbocycles. The van der Waals surface area contributed by atoms with Gasteiger partial charge in [-0.25, -0.2) is 13.9 Å². The molecular weight excluding hydrogens is 433 g/mol. The first-order valence-electron chi connectivity index (χ1n) is 11.3. The summed E-state index contributed by atoms with van der Waals surface area (Å²) in [7, 11) is 1.80. The summed E-state index contributed by atoms with van der Waals surface area (Å²) in [4.78, 5) is 23.8. The van der Waals surface area contributed by atoms with Gasteiger partial charge in [-0.3, -0.25) is 9.79 Å². The maximum Gasteiger partial charge on any atom is 0.271 e. The third-order valence-electron chi connectivity index (χ3n) is 6.16. The predicted molar refractivity (Wildman–Crippen MR) is 133 cm³/mol. The van der Waals surface area contributed by atoms with Crippen LogP contribution in [0.2, 0.25) is 0 Å². The lowest BCUT2D eigenvalue weighted by atomic mass is 10.0. The van der Waals surface area contributed by atoms with Crippen LogP contribution in [0.1, 0.15) is 35.0 Å². The fraction of sp³-hybridized carbons (Fsp3) is 0.280. The lowest BCUT2D eigenvalue weighted by molar-refractivity contribution is 0.0940. The number of benzene rings is 1. The fourth-order valence-corrected chi connectivity index (χ4v) is 4.33. The van der Waals surface area contributed by atoms with E-state index < -0.39 is 12.2 Å². The van der Waals surface area contributed by atoms with Crippen LogP contribution in [-0.4, -0.2) is 52.5 Å². The Morgan fingerprint density at radius 1 is 1.38 bits per heavy atom. The molecule has 1 aromatic carbocycles. The van der Waals surface area contributed by atoms with E-state index >= 15 is 0 Å². The van der Waals surface area contributed by atoms with E-state index in [-0.39, 0.29) is 11.6 Å². The van der Waals surface area contributed by atoms with Gasteiger partial charge in [0, 0.05) is 43.5 Å². The summed E-state index contributed by atoms with van der Waals surface area (Å²) in [6.45, 7) is 6.41. The molecular formula is C25H26FN7O. The van der Waals surface area contributed by atoms with Gasteiger partial charge in [-0.15, -0.1) is 5.10 Å². The summed E-state index contributed by atoms with van der Waals surface area (Å²) < 4.78 is 14.8. The second-order valence-corrected chi connectivity index (χ2v) is 8.27. The van der Waals surface area contributed by atoms with Gasteiger partial charge in [-0.05, 0) is 25.0 Å². The van der Waals surface area contributed by atoms with Crippen molar-refractivity contribution in [1.29, 1.82) is 0 Å². The zero-order valence-electron chi connectivity index (χ0n) is 19.1. The third kappa shape index (κ3) is 3.72. The molecule has 3 aromatic rings. The average molecular weight is 460 g/mol. The molecule has 2 aromatic heterocycles. The molecule has 2 N–H and O–H groups in total. The number of aliphatic imine (C=N–C) groups is 1. The molecule has 1 aliphatic heterocycles. The topological polar surface area (TPSA) is 86.9 Å². The quantitative estimate of drug-likeness (QED) is 0.523. The number of nitrogens with zero attached hydrogens (tertiary/aromatic N) is 5. The minimum atomic E-state index is -0.979. The van der Waals surface area contributed by atoms with Gasteiger partial charge in [-0.1, -0.05) is 30.9 Å². The Morgan fingerprint density at radius 3 is 2.91 bits per heavy atom. The van der Waals surface area contributed by atoms with Crippen LogP contribution < -0.4 is 15.5 Å². The number of rotatable bonds is 7. The average Bonchev–Trinajstić information content (AvgIpc) is 3.23. The summed E-state index contributed by atoms with van der Waals surface area (Å²) in [5.41, 5.74) is 5.75. The Kier molecular flexibility index (Phi) is 5.61. The van der Waals surface area contributed by atoms with Crippen LogP contribution in [0.4, 0.5) is 21.6 Å². The van der Waals surface area contributed by atoms with Crippen LogP contribution in [0.25, 0.3) is 11.3 Å². The van der Waals surface area contributed by atoms with Crippen LogP contribution in [-0.2, 0) is 6.42 Å². The molecule has 34 heavy (non-hydrogen) atoms. The molecule has 3 heterocycles. The number of aromatic nitrogens is 3. The highest BCUT2D eigenvalue weighted by molar-refractivity contribution is 5.94. The summed E-state index contributed by atoms with van der Waals surface area (Å²) in [6, 6.07) is 7.64. The Labute approximate surface area is 196 Å². The molecule has 8 nitrogen and oxygen atoms in total. The minimum absolute atomic E-state index is 0.274. The van der Waals surface area contributed by atoms with E-state index in [2.05, 4.69) is 44.2 Å². The lowest BCUT2D eigenvalue weighted by Gasteiger charge is -2.20. The summed E-state index contributed by atoms with van der Waals surface area (Å²) in [6.07, 6.45) is 7.01. The number of allylic oxidation sites excluding steroid dienone is 2. The van der Waals surface area contributed by atoms with E-state index in [4.69, 9.17) is 5.10 Å². The maximum absolute atomic E-state index is 13.3. The van der Waals surface area contributed by atoms with Gasteiger partial charge in [0.15, 0.2) is 17.2 Å². The number of imidazole rings is 1. The number of alkyl halides is 1. The number of anilines is 3. The highest BCUT2D eigenvalue weighted by Crippen LogP contribution is 2.39. The van der Waals surface area contributed by atoms with E-state index in [1.165, 1.54) is 16.3 Å². The number of amides is 1. The van der Waals surface area contributed by atoms with Crippen molar-refractivity contribution in [3.8, 4) is 0 Å². The fourth-order valence-electron chi connectivity index (χ4n) is 4.33. The van der Waals surface area contributed by atoms with Crippen LogP contribution in [0, 0.1) is 0 Å². The minimum Gasteiger partial charge on any atom is -0.385 e. The van der Waals surface area contributed by atoms with Crippen LogP contribution in [0.15, 0.2) is 54.2 Å². The largest absolute Gasteiger partial charge is 0.385 e. The summed E-state index contributed by atoms with van der Waals surface area (Å²) >= 11 is 0. The van der Waals surface area contributed by atoms with Gasteiger partial charge >= 0.3 is 0 Å². The smallest absolute Gasteiger partial charge is 0.271 e. The Morgan fingerprint density at radius 2 is 2.21 bits per heavy atom. The number of carbonyl (C=O) groups excluding carboxylic acids is 1. The second kappa shape index (κ2) is 8.74. The highest BCUT2D eigenvalue weighted by Gasteiger charge is 2.39. The highest BCUT2D eigenvalue weighted by atomic mass is 19.1. The monoisotopic (exact) mass is 459 g/mol. The molecule has 1 fully saturated rings. The standard InChI is InChI=1S/C25H26FN7O/c1-4-10-28-18(5-2)15-7-6-8-21-16(15)9-11-32(21)23-13-20(27-3)24-29-14-22(33(24)31-23)25(34)30-19-12-17(19)26/h4-8,10,13-14,17,19,27H,1,9,11-12H2,2-3H3,(H,30,34)/b18-5-,28-10-. The second-order valence-electron chi connectivity index (χ2n) is 8.27. The van der Waals surface area contributed by atoms with Crippen LogP contribution in [0.3, 0.4) is 0 Å². The van der Waals surface area contributed by atoms with Gasteiger partial charge in [0.2, 0.25) is 0 Å². The van der Waals surface area contributed by atoms with E-state index in [9.17, 15) is 9.18 Å². The van der Waals surface area contributed by atoms with Gasteiger partial charge in [0.05, 0.1) is 23.6 Å². The summed E-state index contributed by atoms with van der Waals surface area (Å²) in [5, 5.41) is 10.6. The molecule has 1 amide bonds. The summed E-state index contributed by atoms with van der Waals surface area (Å²) in [5.74, 6) is 0.303. The maximum atomic E-state index is 13.3. The Hall–Kier alpha value is -4.01. The van der Waals surface area contributed by atoms with Gasteiger partial charge in [-0.2, -0.15) is 0 Å². The molecule has 0 spiro atoms. The van der Waals surface area contributed by atoms with Crippen molar-refractivity contribution in [3.63, 3.8) is 0 Å².